The minimum Gasteiger partial charge on any atom is -0.371 e. The molecule has 0 radical (unpaired) electrons. The average molecular weight is 172 g/mol. The Kier molecular flexibility index (Phi) is 5.49. The predicted molar refractivity (Wildman–Crippen MR) is 49.8 cm³/mol. The van der Waals surface area contributed by atoms with E-state index in [1.165, 1.54) is 13.4 Å². The van der Waals surface area contributed by atoms with Crippen molar-refractivity contribution in [1.82, 2.24) is 0 Å². The zero-order valence-corrected chi connectivity index (χ0v) is 7.98. The zero-order chi connectivity index (χ0) is 9.56. The van der Waals surface area contributed by atoms with Gasteiger partial charge in [-0.25, -0.2) is 9.98 Å². The van der Waals surface area contributed by atoms with Gasteiger partial charge in [-0.1, -0.05) is 13.8 Å². The molecule has 0 saturated carbocycles. The third kappa shape index (κ3) is 2.71. The third-order valence-corrected chi connectivity index (χ3v) is 1.42. The number of rotatable bonds is 1. The van der Waals surface area contributed by atoms with Gasteiger partial charge < -0.3 is 9.84 Å². The van der Waals surface area contributed by atoms with Gasteiger partial charge in [-0.15, -0.1) is 0 Å². The van der Waals surface area contributed by atoms with Gasteiger partial charge in [0, 0.05) is 7.11 Å². The molecule has 0 amide bonds. The van der Waals surface area contributed by atoms with E-state index in [4.69, 9.17) is 9.84 Å². The number of aliphatic imine (C=N–C) groups is 2. The van der Waals surface area contributed by atoms with Crippen LogP contribution in [-0.4, -0.2) is 36.6 Å². The molecular weight excluding hydrogens is 156 g/mol. The highest BCUT2D eigenvalue weighted by Gasteiger charge is 2.22. The number of methoxy groups -OCH3 is 1. The number of hydrogen-bond acceptors (Lipinski definition) is 4. The first-order valence-corrected chi connectivity index (χ1v) is 4.02. The van der Waals surface area contributed by atoms with Crippen molar-refractivity contribution in [2.45, 2.75) is 33.1 Å². The van der Waals surface area contributed by atoms with Crippen molar-refractivity contribution in [2.75, 3.05) is 7.11 Å². The normalized spacial score (nSPS) is 27.2. The maximum absolute atomic E-state index is 9.14. The first kappa shape index (κ1) is 11.3. The lowest BCUT2D eigenvalue weighted by Gasteiger charge is -2.19. The molecule has 2 atom stereocenters. The molecule has 1 heterocycles. The molecule has 2 unspecified atom stereocenters. The molecule has 0 aromatic heterocycles. The van der Waals surface area contributed by atoms with Gasteiger partial charge in [-0.05, 0) is 6.92 Å². The Bertz CT molecular complexity index is 178. The molecule has 12 heavy (non-hydrogen) atoms. The SMILES string of the molecule is CC.COC1C(C)=NC=NC1O. The van der Waals surface area contributed by atoms with Crippen molar-refractivity contribution < 1.29 is 9.84 Å². The second-order valence-electron chi connectivity index (χ2n) is 2.10. The van der Waals surface area contributed by atoms with E-state index >= 15 is 0 Å². The molecule has 0 aromatic carbocycles. The van der Waals surface area contributed by atoms with E-state index in [1.54, 1.807) is 6.92 Å². The molecule has 0 aromatic rings. The van der Waals surface area contributed by atoms with Gasteiger partial charge in [0.25, 0.3) is 0 Å². The Morgan fingerprint density at radius 3 is 2.42 bits per heavy atom. The zero-order valence-electron chi connectivity index (χ0n) is 7.98. The molecule has 0 aliphatic carbocycles. The molecule has 1 aliphatic rings. The van der Waals surface area contributed by atoms with Gasteiger partial charge >= 0.3 is 0 Å². The Morgan fingerprint density at radius 2 is 2.08 bits per heavy atom. The first-order chi connectivity index (χ1) is 5.75. The van der Waals surface area contributed by atoms with Crippen LogP contribution in [0.25, 0.3) is 0 Å². The summed E-state index contributed by atoms with van der Waals surface area (Å²) in [6, 6.07) is 0. The molecule has 1 N–H and O–H groups in total. The van der Waals surface area contributed by atoms with Gasteiger partial charge in [0.15, 0.2) is 6.23 Å². The fourth-order valence-corrected chi connectivity index (χ4v) is 0.852. The highest BCUT2D eigenvalue weighted by molar-refractivity contribution is 5.94. The lowest BCUT2D eigenvalue weighted by atomic mass is 10.2. The van der Waals surface area contributed by atoms with Crippen LogP contribution in [0.3, 0.4) is 0 Å². The van der Waals surface area contributed by atoms with Gasteiger partial charge in [-0.3, -0.25) is 0 Å². The molecular formula is C8H16N2O2. The van der Waals surface area contributed by atoms with Crippen molar-refractivity contribution in [1.29, 1.82) is 0 Å². The Labute approximate surface area is 73.0 Å². The summed E-state index contributed by atoms with van der Waals surface area (Å²) in [5.74, 6) is 0. The second-order valence-corrected chi connectivity index (χ2v) is 2.10. The second kappa shape index (κ2) is 5.85. The maximum Gasteiger partial charge on any atom is 0.178 e. The number of ether oxygens (including phenoxy) is 1. The van der Waals surface area contributed by atoms with Gasteiger partial charge in [0.1, 0.15) is 12.4 Å². The van der Waals surface area contributed by atoms with Crippen LogP contribution >= 0.6 is 0 Å². The highest BCUT2D eigenvalue weighted by atomic mass is 16.5. The van der Waals surface area contributed by atoms with Gasteiger partial charge in [0.05, 0.1) is 5.71 Å². The minimum absolute atomic E-state index is 0.370. The van der Waals surface area contributed by atoms with E-state index < -0.39 is 6.23 Å². The molecule has 4 nitrogen and oxygen atoms in total. The van der Waals surface area contributed by atoms with Crippen LogP contribution in [0.5, 0.6) is 0 Å². The van der Waals surface area contributed by atoms with E-state index in [1.807, 2.05) is 13.8 Å². The van der Waals surface area contributed by atoms with Crippen molar-refractivity contribution >= 4 is 12.1 Å². The first-order valence-electron chi connectivity index (χ1n) is 4.02. The van der Waals surface area contributed by atoms with Crippen molar-refractivity contribution in [2.24, 2.45) is 9.98 Å². The molecule has 0 saturated heterocycles. The van der Waals surface area contributed by atoms with E-state index in [9.17, 15) is 0 Å². The molecule has 0 bridgehead atoms. The summed E-state index contributed by atoms with van der Waals surface area (Å²) in [5, 5.41) is 9.14. The fraction of sp³-hybridized carbons (Fsp3) is 0.750. The third-order valence-electron chi connectivity index (χ3n) is 1.42. The number of nitrogens with zero attached hydrogens (tertiary/aromatic N) is 2. The Balaban J connectivity index is 0.000000561. The summed E-state index contributed by atoms with van der Waals surface area (Å²) < 4.78 is 4.92. The Hall–Kier alpha value is -0.740. The predicted octanol–water partition coefficient (Wildman–Crippen LogP) is 0.849. The number of aliphatic hydroxyl groups excluding tert-OH is 1. The van der Waals surface area contributed by atoms with E-state index in [-0.39, 0.29) is 6.10 Å². The summed E-state index contributed by atoms with van der Waals surface area (Å²) in [6.45, 7) is 5.79. The summed E-state index contributed by atoms with van der Waals surface area (Å²) in [5.41, 5.74) is 0.755. The van der Waals surface area contributed by atoms with Crippen LogP contribution in [0.2, 0.25) is 0 Å². The lowest BCUT2D eigenvalue weighted by Crippen LogP contribution is -2.35. The molecule has 1 rings (SSSR count). The van der Waals surface area contributed by atoms with Crippen molar-refractivity contribution in [3.8, 4) is 0 Å². The van der Waals surface area contributed by atoms with Crippen LogP contribution in [0.1, 0.15) is 20.8 Å². The van der Waals surface area contributed by atoms with E-state index in [0.717, 1.165) is 5.71 Å². The smallest absolute Gasteiger partial charge is 0.178 e. The quantitative estimate of drug-likeness (QED) is 0.637. The van der Waals surface area contributed by atoms with E-state index in [2.05, 4.69) is 9.98 Å². The molecule has 0 spiro atoms. The van der Waals surface area contributed by atoms with Crippen LogP contribution in [0.15, 0.2) is 9.98 Å². The fourth-order valence-electron chi connectivity index (χ4n) is 0.852. The average Bonchev–Trinajstić information content (AvgIpc) is 2.08. The number of aliphatic hydroxyl groups is 1. The standard InChI is InChI=1S/C6H10N2O2.C2H6/c1-4-5(10-2)6(9)8-3-7-4;1-2/h3,5-6,9H,1-2H3;1-2H3. The molecule has 4 heteroatoms. The Morgan fingerprint density at radius 1 is 1.50 bits per heavy atom. The number of hydrogen-bond donors (Lipinski definition) is 1. The monoisotopic (exact) mass is 172 g/mol. The summed E-state index contributed by atoms with van der Waals surface area (Å²) in [7, 11) is 1.52. The molecule has 70 valence electrons. The van der Waals surface area contributed by atoms with Gasteiger partial charge in [-0.2, -0.15) is 0 Å². The minimum atomic E-state index is -0.789. The molecule has 1 aliphatic heterocycles. The van der Waals surface area contributed by atoms with Crippen molar-refractivity contribution in [3.05, 3.63) is 0 Å². The van der Waals surface area contributed by atoms with Crippen LogP contribution in [0, 0.1) is 0 Å². The maximum atomic E-state index is 9.14. The van der Waals surface area contributed by atoms with Crippen LogP contribution in [-0.2, 0) is 4.74 Å². The topological polar surface area (TPSA) is 54.2 Å². The highest BCUT2D eigenvalue weighted by Crippen LogP contribution is 2.05. The summed E-state index contributed by atoms with van der Waals surface area (Å²) in [6.07, 6.45) is 0.183. The lowest BCUT2D eigenvalue weighted by molar-refractivity contribution is 0.0326. The molecule has 0 fully saturated rings. The van der Waals surface area contributed by atoms with Crippen LogP contribution < -0.4 is 0 Å². The van der Waals surface area contributed by atoms with Gasteiger partial charge in [0.2, 0.25) is 0 Å². The largest absolute Gasteiger partial charge is 0.371 e. The van der Waals surface area contributed by atoms with Crippen LogP contribution in [0.4, 0.5) is 0 Å². The van der Waals surface area contributed by atoms with E-state index in [0.29, 0.717) is 0 Å². The summed E-state index contributed by atoms with van der Waals surface area (Å²) >= 11 is 0. The summed E-state index contributed by atoms with van der Waals surface area (Å²) in [4.78, 5) is 7.52. The van der Waals surface area contributed by atoms with Crippen molar-refractivity contribution in [3.63, 3.8) is 0 Å².